The van der Waals surface area contributed by atoms with E-state index in [9.17, 15) is 0 Å². The average molecular weight is 120 g/mol. The molecule has 0 fully saturated rings. The third-order valence-electron chi connectivity index (χ3n) is 0.567. The highest BCUT2D eigenvalue weighted by atomic mass is 35.5. The molecule has 0 unspecified atom stereocenters. The number of hydrogen-bond donors (Lipinski definition) is 1. The number of nitriles is 1. The maximum absolute atomic E-state index is 8.44. The molecule has 0 amide bonds. The highest BCUT2D eigenvalue weighted by Gasteiger charge is 2.06. The van der Waals surface area contributed by atoms with Crippen LogP contribution in [-0.4, -0.2) is 16.6 Å². The van der Waals surface area contributed by atoms with Gasteiger partial charge in [0.25, 0.3) is 0 Å². The number of aliphatic hydroxyl groups is 1. The van der Waals surface area contributed by atoms with Gasteiger partial charge in [0.1, 0.15) is 0 Å². The lowest BCUT2D eigenvalue weighted by Gasteiger charge is -1.99. The van der Waals surface area contributed by atoms with Crippen LogP contribution in [-0.2, 0) is 0 Å². The molecule has 0 aromatic heterocycles. The van der Waals surface area contributed by atoms with E-state index in [1.54, 1.807) is 13.0 Å². The number of nitrogens with zero attached hydrogens (tertiary/aromatic N) is 1. The van der Waals surface area contributed by atoms with Crippen molar-refractivity contribution in [1.82, 2.24) is 0 Å². The molecule has 0 aliphatic rings. The summed E-state index contributed by atoms with van der Waals surface area (Å²) in [5.41, 5.74) is 0. The molecule has 2 nitrogen and oxygen atoms in total. The van der Waals surface area contributed by atoms with E-state index in [1.165, 1.54) is 0 Å². The maximum atomic E-state index is 8.44. The zero-order valence-corrected chi connectivity index (χ0v) is 4.68. The van der Waals surface area contributed by atoms with Gasteiger partial charge in [0.05, 0.1) is 11.4 Å². The topological polar surface area (TPSA) is 44.0 Å². The van der Waals surface area contributed by atoms with Crippen molar-refractivity contribution in [3.63, 3.8) is 0 Å². The van der Waals surface area contributed by atoms with Gasteiger partial charge in [0, 0.05) is 0 Å². The highest BCUT2D eigenvalue weighted by Crippen LogP contribution is 1.97. The monoisotopic (exact) mass is 119 g/mol. The summed E-state index contributed by atoms with van der Waals surface area (Å²) in [6, 6.07) is 1.59. The molecular weight excluding hydrogens is 114 g/mol. The maximum Gasteiger partial charge on any atom is 0.156 e. The molecular formula is C4H6ClNO. The quantitative estimate of drug-likeness (QED) is 0.404. The SMILES string of the molecule is C[C@@H](Cl)[C@@H](O)C#N. The molecule has 1 N–H and O–H groups in total. The van der Waals surface area contributed by atoms with Crippen molar-refractivity contribution in [1.29, 1.82) is 5.26 Å². The van der Waals surface area contributed by atoms with E-state index in [-0.39, 0.29) is 0 Å². The van der Waals surface area contributed by atoms with Crippen molar-refractivity contribution >= 4 is 11.6 Å². The Morgan fingerprint density at radius 3 is 2.29 bits per heavy atom. The first kappa shape index (κ1) is 6.74. The summed E-state index contributed by atoms with van der Waals surface area (Å²) in [6.45, 7) is 1.56. The van der Waals surface area contributed by atoms with Crippen molar-refractivity contribution in [2.75, 3.05) is 0 Å². The summed E-state index contributed by atoms with van der Waals surface area (Å²) in [7, 11) is 0. The lowest BCUT2D eigenvalue weighted by atomic mass is 10.3. The smallest absolute Gasteiger partial charge is 0.156 e. The molecule has 7 heavy (non-hydrogen) atoms. The van der Waals surface area contributed by atoms with Gasteiger partial charge in [-0.05, 0) is 6.92 Å². The normalized spacial score (nSPS) is 17.4. The summed E-state index contributed by atoms with van der Waals surface area (Å²) in [6.07, 6.45) is -1.03. The third kappa shape index (κ3) is 2.44. The molecule has 2 atom stereocenters. The lowest BCUT2D eigenvalue weighted by Crippen LogP contribution is -2.13. The van der Waals surface area contributed by atoms with Gasteiger partial charge < -0.3 is 5.11 Å². The van der Waals surface area contributed by atoms with E-state index in [1.807, 2.05) is 0 Å². The molecule has 3 heteroatoms. The Morgan fingerprint density at radius 1 is 1.86 bits per heavy atom. The summed E-state index contributed by atoms with van der Waals surface area (Å²) < 4.78 is 0. The molecule has 40 valence electrons. The van der Waals surface area contributed by atoms with Gasteiger partial charge in [-0.25, -0.2) is 0 Å². The largest absolute Gasteiger partial charge is 0.377 e. The minimum atomic E-state index is -1.03. The van der Waals surface area contributed by atoms with E-state index >= 15 is 0 Å². The molecule has 0 aromatic carbocycles. The first-order chi connectivity index (χ1) is 3.18. The Morgan fingerprint density at radius 2 is 2.29 bits per heavy atom. The van der Waals surface area contributed by atoms with Crippen LogP contribution in [0, 0.1) is 11.3 Å². The van der Waals surface area contributed by atoms with Gasteiger partial charge in [-0.3, -0.25) is 0 Å². The minimum Gasteiger partial charge on any atom is -0.377 e. The van der Waals surface area contributed by atoms with Crippen LogP contribution in [0.4, 0.5) is 0 Å². The fourth-order valence-electron chi connectivity index (χ4n) is 0.103. The van der Waals surface area contributed by atoms with Crippen molar-refractivity contribution in [3.8, 4) is 6.07 Å². The number of halogens is 1. The second-order valence-electron chi connectivity index (χ2n) is 1.25. The van der Waals surface area contributed by atoms with Crippen LogP contribution in [0.3, 0.4) is 0 Å². The van der Waals surface area contributed by atoms with Crippen molar-refractivity contribution in [2.45, 2.75) is 18.4 Å². The molecule has 0 rings (SSSR count). The van der Waals surface area contributed by atoms with E-state index in [4.69, 9.17) is 22.0 Å². The number of rotatable bonds is 1. The predicted molar refractivity (Wildman–Crippen MR) is 26.9 cm³/mol. The summed E-state index contributed by atoms with van der Waals surface area (Å²) in [5, 5.41) is 15.9. The fourth-order valence-corrected chi connectivity index (χ4v) is 0.159. The van der Waals surface area contributed by atoms with Crippen LogP contribution < -0.4 is 0 Å². The summed E-state index contributed by atoms with van der Waals surface area (Å²) >= 11 is 5.26. The zero-order valence-electron chi connectivity index (χ0n) is 3.93. The molecule has 0 radical (unpaired) electrons. The van der Waals surface area contributed by atoms with Crippen LogP contribution in [0.25, 0.3) is 0 Å². The molecule has 0 aliphatic carbocycles. The van der Waals surface area contributed by atoms with Crippen LogP contribution in [0.1, 0.15) is 6.92 Å². The van der Waals surface area contributed by atoms with Gasteiger partial charge in [-0.15, -0.1) is 11.6 Å². The molecule has 0 aliphatic heterocycles. The molecule has 0 bridgehead atoms. The van der Waals surface area contributed by atoms with Crippen LogP contribution in [0.5, 0.6) is 0 Å². The van der Waals surface area contributed by atoms with Gasteiger partial charge in [-0.1, -0.05) is 0 Å². The number of aliphatic hydroxyl groups excluding tert-OH is 1. The van der Waals surface area contributed by atoms with Gasteiger partial charge >= 0.3 is 0 Å². The van der Waals surface area contributed by atoms with Crippen molar-refractivity contribution < 1.29 is 5.11 Å². The summed E-state index contributed by atoms with van der Waals surface area (Å²) in [4.78, 5) is 0. The number of alkyl halides is 1. The van der Waals surface area contributed by atoms with Crippen LogP contribution >= 0.6 is 11.6 Å². The Bertz CT molecular complexity index is 86.2. The molecule has 0 heterocycles. The van der Waals surface area contributed by atoms with Crippen molar-refractivity contribution in [2.24, 2.45) is 0 Å². The minimum absolute atomic E-state index is 0.468. The Labute approximate surface area is 47.3 Å². The van der Waals surface area contributed by atoms with Crippen molar-refractivity contribution in [3.05, 3.63) is 0 Å². The second kappa shape index (κ2) is 2.84. The Kier molecular flexibility index (Phi) is 2.73. The number of hydrogen-bond acceptors (Lipinski definition) is 2. The Hall–Kier alpha value is -0.260. The molecule has 0 saturated heterocycles. The zero-order chi connectivity index (χ0) is 5.86. The van der Waals surface area contributed by atoms with E-state index in [2.05, 4.69) is 0 Å². The summed E-state index contributed by atoms with van der Waals surface area (Å²) in [5.74, 6) is 0. The highest BCUT2D eigenvalue weighted by molar-refractivity contribution is 6.20. The first-order valence-corrected chi connectivity index (χ1v) is 2.34. The van der Waals surface area contributed by atoms with Gasteiger partial charge in [-0.2, -0.15) is 5.26 Å². The average Bonchev–Trinajstić information content (AvgIpc) is 1.65. The Balaban J connectivity index is 3.40. The van der Waals surface area contributed by atoms with Crippen LogP contribution in [0.2, 0.25) is 0 Å². The standard InChI is InChI=1S/C4H6ClNO/c1-3(5)4(7)2-6/h3-4,7H,1H3/t3-,4+/m1/s1. The molecule has 0 aromatic rings. The van der Waals surface area contributed by atoms with Gasteiger partial charge in [0.2, 0.25) is 0 Å². The fraction of sp³-hybridized carbons (Fsp3) is 0.750. The lowest BCUT2D eigenvalue weighted by molar-refractivity contribution is 0.229. The molecule has 0 saturated carbocycles. The predicted octanol–water partition coefficient (Wildman–Crippen LogP) is 0.498. The molecule has 0 spiro atoms. The van der Waals surface area contributed by atoms with E-state index < -0.39 is 11.5 Å². The first-order valence-electron chi connectivity index (χ1n) is 1.90. The third-order valence-corrected chi connectivity index (χ3v) is 0.806. The van der Waals surface area contributed by atoms with Gasteiger partial charge in [0.15, 0.2) is 6.10 Å². The van der Waals surface area contributed by atoms with E-state index in [0.717, 1.165) is 0 Å². The van der Waals surface area contributed by atoms with Crippen LogP contribution in [0.15, 0.2) is 0 Å². The second-order valence-corrected chi connectivity index (χ2v) is 1.94. The van der Waals surface area contributed by atoms with E-state index in [0.29, 0.717) is 0 Å².